The van der Waals surface area contributed by atoms with Crippen LogP contribution in [0.5, 0.6) is 0 Å². The standard InChI is InChI=1S/C10H14ClNO/c1-6-3-7(2)10(8(11)4-6)9(12)5-13/h3-4,9,13H,5,12H2,1-2H3. The first-order valence-electron chi connectivity index (χ1n) is 4.19. The molecule has 0 amide bonds. The Labute approximate surface area is 83.3 Å². The number of rotatable bonds is 2. The zero-order chi connectivity index (χ0) is 10.0. The zero-order valence-corrected chi connectivity index (χ0v) is 8.60. The summed E-state index contributed by atoms with van der Waals surface area (Å²) in [5.74, 6) is 0. The highest BCUT2D eigenvalue weighted by molar-refractivity contribution is 6.31. The highest BCUT2D eigenvalue weighted by Gasteiger charge is 2.12. The molecule has 13 heavy (non-hydrogen) atoms. The molecular formula is C10H14ClNO. The Morgan fingerprint density at radius 2 is 2.08 bits per heavy atom. The molecule has 3 N–H and O–H groups in total. The molecule has 0 aromatic heterocycles. The predicted octanol–water partition coefficient (Wildman–Crippen LogP) is 1.95. The van der Waals surface area contributed by atoms with Crippen molar-refractivity contribution >= 4 is 11.6 Å². The summed E-state index contributed by atoms with van der Waals surface area (Å²) >= 11 is 6.02. The number of aliphatic hydroxyl groups is 1. The van der Waals surface area contributed by atoms with Crippen molar-refractivity contribution in [1.29, 1.82) is 0 Å². The number of hydrogen-bond acceptors (Lipinski definition) is 2. The van der Waals surface area contributed by atoms with Crippen LogP contribution in [0.15, 0.2) is 12.1 Å². The van der Waals surface area contributed by atoms with E-state index in [1.165, 1.54) is 0 Å². The predicted molar refractivity (Wildman–Crippen MR) is 54.9 cm³/mol. The van der Waals surface area contributed by atoms with Gasteiger partial charge in [0.15, 0.2) is 0 Å². The van der Waals surface area contributed by atoms with Gasteiger partial charge in [-0.05, 0) is 36.6 Å². The Hall–Kier alpha value is -0.570. The molecule has 0 aliphatic rings. The van der Waals surface area contributed by atoms with E-state index in [0.717, 1.165) is 16.7 Å². The van der Waals surface area contributed by atoms with Gasteiger partial charge < -0.3 is 10.8 Å². The third-order valence-corrected chi connectivity index (χ3v) is 2.36. The molecule has 0 aliphatic carbocycles. The van der Waals surface area contributed by atoms with Crippen molar-refractivity contribution in [3.63, 3.8) is 0 Å². The van der Waals surface area contributed by atoms with Crippen molar-refractivity contribution in [3.8, 4) is 0 Å². The van der Waals surface area contributed by atoms with Crippen molar-refractivity contribution in [1.82, 2.24) is 0 Å². The zero-order valence-electron chi connectivity index (χ0n) is 7.84. The Morgan fingerprint density at radius 1 is 1.46 bits per heavy atom. The fourth-order valence-corrected chi connectivity index (χ4v) is 1.95. The van der Waals surface area contributed by atoms with Crippen LogP contribution in [-0.4, -0.2) is 11.7 Å². The number of halogens is 1. The molecular weight excluding hydrogens is 186 g/mol. The Balaban J connectivity index is 3.20. The molecule has 1 aromatic carbocycles. The van der Waals surface area contributed by atoms with Gasteiger partial charge in [0.2, 0.25) is 0 Å². The van der Waals surface area contributed by atoms with Crippen molar-refractivity contribution in [2.75, 3.05) is 6.61 Å². The smallest absolute Gasteiger partial charge is 0.0625 e. The molecule has 0 saturated carbocycles. The van der Waals surface area contributed by atoms with Crippen LogP contribution >= 0.6 is 11.6 Å². The molecule has 1 unspecified atom stereocenters. The molecule has 0 heterocycles. The van der Waals surface area contributed by atoms with E-state index in [0.29, 0.717) is 5.02 Å². The molecule has 0 bridgehead atoms. The maximum atomic E-state index is 8.92. The van der Waals surface area contributed by atoms with Gasteiger partial charge in [-0.15, -0.1) is 0 Å². The van der Waals surface area contributed by atoms with Crippen LogP contribution in [-0.2, 0) is 0 Å². The topological polar surface area (TPSA) is 46.2 Å². The molecule has 3 heteroatoms. The summed E-state index contributed by atoms with van der Waals surface area (Å²) in [6.07, 6.45) is 0. The van der Waals surface area contributed by atoms with Crippen LogP contribution in [0, 0.1) is 13.8 Å². The largest absolute Gasteiger partial charge is 0.394 e. The lowest BCUT2D eigenvalue weighted by Gasteiger charge is -2.14. The lowest BCUT2D eigenvalue weighted by atomic mass is 10.0. The number of aliphatic hydroxyl groups excluding tert-OH is 1. The fourth-order valence-electron chi connectivity index (χ4n) is 1.49. The van der Waals surface area contributed by atoms with Gasteiger partial charge in [-0.3, -0.25) is 0 Å². The van der Waals surface area contributed by atoms with Crippen molar-refractivity contribution in [2.24, 2.45) is 5.73 Å². The van der Waals surface area contributed by atoms with E-state index < -0.39 is 0 Å². The number of hydrogen-bond donors (Lipinski definition) is 2. The third kappa shape index (κ3) is 2.21. The van der Waals surface area contributed by atoms with Crippen molar-refractivity contribution in [2.45, 2.75) is 19.9 Å². The summed E-state index contributed by atoms with van der Waals surface area (Å²) in [7, 11) is 0. The Bertz CT molecular complexity index is 289. The molecule has 1 aromatic rings. The monoisotopic (exact) mass is 199 g/mol. The highest BCUT2D eigenvalue weighted by atomic mass is 35.5. The van der Waals surface area contributed by atoms with Crippen LogP contribution in [0.2, 0.25) is 5.02 Å². The SMILES string of the molecule is Cc1cc(C)c(C(N)CO)c(Cl)c1. The van der Waals surface area contributed by atoms with Gasteiger partial charge in [-0.25, -0.2) is 0 Å². The van der Waals surface area contributed by atoms with Crippen LogP contribution < -0.4 is 5.73 Å². The van der Waals surface area contributed by atoms with Gasteiger partial charge in [0.25, 0.3) is 0 Å². The van der Waals surface area contributed by atoms with E-state index in [-0.39, 0.29) is 12.6 Å². The maximum absolute atomic E-state index is 8.92. The number of aryl methyl sites for hydroxylation is 2. The fraction of sp³-hybridized carbons (Fsp3) is 0.400. The normalized spacial score (nSPS) is 13.0. The number of nitrogens with two attached hydrogens (primary N) is 1. The third-order valence-electron chi connectivity index (χ3n) is 2.05. The summed E-state index contributed by atoms with van der Waals surface area (Å²) in [6.45, 7) is 3.85. The molecule has 0 fully saturated rings. The van der Waals surface area contributed by atoms with Gasteiger partial charge in [-0.2, -0.15) is 0 Å². The Morgan fingerprint density at radius 3 is 2.54 bits per heavy atom. The van der Waals surface area contributed by atoms with Gasteiger partial charge in [0, 0.05) is 5.02 Å². The van der Waals surface area contributed by atoms with Gasteiger partial charge >= 0.3 is 0 Å². The second-order valence-corrected chi connectivity index (χ2v) is 3.67. The van der Waals surface area contributed by atoms with Crippen molar-refractivity contribution < 1.29 is 5.11 Å². The first kappa shape index (κ1) is 10.5. The second-order valence-electron chi connectivity index (χ2n) is 3.27. The lowest BCUT2D eigenvalue weighted by molar-refractivity contribution is 0.267. The molecule has 0 saturated heterocycles. The molecule has 72 valence electrons. The van der Waals surface area contributed by atoms with Crippen LogP contribution in [0.3, 0.4) is 0 Å². The van der Waals surface area contributed by atoms with E-state index in [1.807, 2.05) is 26.0 Å². The van der Waals surface area contributed by atoms with Crippen LogP contribution in [0.1, 0.15) is 22.7 Å². The average molecular weight is 200 g/mol. The second kappa shape index (κ2) is 4.09. The summed E-state index contributed by atoms with van der Waals surface area (Å²) < 4.78 is 0. The summed E-state index contributed by atoms with van der Waals surface area (Å²) in [5, 5.41) is 9.56. The molecule has 1 rings (SSSR count). The van der Waals surface area contributed by atoms with Crippen LogP contribution in [0.25, 0.3) is 0 Å². The van der Waals surface area contributed by atoms with Gasteiger partial charge in [0.05, 0.1) is 12.6 Å². The van der Waals surface area contributed by atoms with E-state index in [1.54, 1.807) is 0 Å². The Kier molecular flexibility index (Phi) is 3.31. The minimum absolute atomic E-state index is 0.0797. The summed E-state index contributed by atoms with van der Waals surface area (Å²) in [6, 6.07) is 3.49. The molecule has 0 spiro atoms. The quantitative estimate of drug-likeness (QED) is 0.765. The van der Waals surface area contributed by atoms with E-state index in [2.05, 4.69) is 0 Å². The molecule has 2 nitrogen and oxygen atoms in total. The summed E-state index contributed by atoms with van der Waals surface area (Å²) in [5.41, 5.74) is 8.70. The minimum Gasteiger partial charge on any atom is -0.394 e. The van der Waals surface area contributed by atoms with Gasteiger partial charge in [-0.1, -0.05) is 17.7 Å². The van der Waals surface area contributed by atoms with E-state index >= 15 is 0 Å². The number of benzene rings is 1. The maximum Gasteiger partial charge on any atom is 0.0625 e. The van der Waals surface area contributed by atoms with E-state index in [4.69, 9.17) is 22.4 Å². The van der Waals surface area contributed by atoms with Crippen molar-refractivity contribution in [3.05, 3.63) is 33.8 Å². The lowest BCUT2D eigenvalue weighted by Crippen LogP contribution is -2.16. The molecule has 0 radical (unpaired) electrons. The molecule has 0 aliphatic heterocycles. The summed E-state index contributed by atoms with van der Waals surface area (Å²) in [4.78, 5) is 0. The highest BCUT2D eigenvalue weighted by Crippen LogP contribution is 2.26. The van der Waals surface area contributed by atoms with Gasteiger partial charge in [0.1, 0.15) is 0 Å². The first-order valence-corrected chi connectivity index (χ1v) is 4.57. The molecule has 1 atom stereocenters. The van der Waals surface area contributed by atoms with Crippen LogP contribution in [0.4, 0.5) is 0 Å². The van der Waals surface area contributed by atoms with E-state index in [9.17, 15) is 0 Å². The first-order chi connectivity index (χ1) is 6.06. The minimum atomic E-state index is -0.381. The average Bonchev–Trinajstić information content (AvgIpc) is 2.02.